The van der Waals surface area contributed by atoms with Crippen LogP contribution in [0, 0.1) is 0 Å². The summed E-state index contributed by atoms with van der Waals surface area (Å²) in [7, 11) is 0. The smallest absolute Gasteiger partial charge is 0.136 e. The largest absolute Gasteiger partial charge is 0.456 e. The quantitative estimate of drug-likeness (QED) is 0.153. The van der Waals surface area contributed by atoms with E-state index in [2.05, 4.69) is 240 Å². The van der Waals surface area contributed by atoms with Gasteiger partial charge >= 0.3 is 0 Å². The van der Waals surface area contributed by atoms with Gasteiger partial charge in [0.1, 0.15) is 11.2 Å². The van der Waals surface area contributed by atoms with Gasteiger partial charge in [-0.3, -0.25) is 0 Å². The van der Waals surface area contributed by atoms with Crippen LogP contribution in [-0.2, 0) is 0 Å². The lowest BCUT2D eigenvalue weighted by molar-refractivity contribution is 0.669. The maximum Gasteiger partial charge on any atom is 0.136 e. The van der Waals surface area contributed by atoms with E-state index in [0.717, 1.165) is 55.8 Å². The zero-order valence-corrected chi connectivity index (χ0v) is 34.4. The van der Waals surface area contributed by atoms with Gasteiger partial charge in [0.25, 0.3) is 0 Å². The predicted octanol–water partition coefficient (Wildman–Crippen LogP) is 16.8. The molecule has 3 heteroatoms. The number of para-hydroxylation sites is 3. The summed E-state index contributed by atoms with van der Waals surface area (Å²) < 4.78 is 8.57. The Hall–Kier alpha value is -8.40. The summed E-state index contributed by atoms with van der Waals surface area (Å²) in [5.41, 5.74) is 18.0. The molecule has 0 N–H and O–H groups in total. The van der Waals surface area contributed by atoms with Crippen molar-refractivity contribution in [2.24, 2.45) is 0 Å². The SMILES string of the molecule is c1ccc(-c2cccc(N(c3ccc(-c4ccc(-c5cccc6oc7ccccc7c56)cc4)cc3)c3ccc(-c4cccc(-n5c6ccccc6c6ccccc65)c4)cc3)c2)cc1. The molecule has 0 bridgehead atoms. The van der Waals surface area contributed by atoms with Crippen molar-refractivity contribution in [1.29, 1.82) is 0 Å². The molecule has 0 saturated carbocycles. The highest BCUT2D eigenvalue weighted by Gasteiger charge is 2.17. The van der Waals surface area contributed by atoms with Gasteiger partial charge in [0, 0.05) is 44.3 Å². The number of hydrogen-bond donors (Lipinski definition) is 0. The Morgan fingerprint density at radius 1 is 0.302 bits per heavy atom. The van der Waals surface area contributed by atoms with Gasteiger partial charge in [-0.2, -0.15) is 0 Å². The van der Waals surface area contributed by atoms with Gasteiger partial charge in [-0.25, -0.2) is 0 Å². The highest BCUT2D eigenvalue weighted by atomic mass is 16.3. The van der Waals surface area contributed by atoms with Crippen molar-refractivity contribution in [3.63, 3.8) is 0 Å². The summed E-state index contributed by atoms with van der Waals surface area (Å²) in [4.78, 5) is 2.35. The predicted molar refractivity (Wildman–Crippen MR) is 264 cm³/mol. The van der Waals surface area contributed by atoms with Gasteiger partial charge in [0.05, 0.1) is 11.0 Å². The maximum absolute atomic E-state index is 6.19. The van der Waals surface area contributed by atoms with Crippen molar-refractivity contribution in [2.75, 3.05) is 4.90 Å². The van der Waals surface area contributed by atoms with Gasteiger partial charge in [-0.1, -0.05) is 170 Å². The van der Waals surface area contributed by atoms with Crippen molar-refractivity contribution < 1.29 is 4.42 Å². The van der Waals surface area contributed by atoms with Crippen LogP contribution in [0.5, 0.6) is 0 Å². The Morgan fingerprint density at radius 2 is 0.778 bits per heavy atom. The minimum absolute atomic E-state index is 0.909. The molecule has 0 amide bonds. The van der Waals surface area contributed by atoms with E-state index in [1.807, 2.05) is 12.1 Å². The summed E-state index contributed by atoms with van der Waals surface area (Å²) in [6.45, 7) is 0. The van der Waals surface area contributed by atoms with Crippen LogP contribution in [0.1, 0.15) is 0 Å². The lowest BCUT2D eigenvalue weighted by Gasteiger charge is -2.26. The first-order valence-corrected chi connectivity index (χ1v) is 21.5. The van der Waals surface area contributed by atoms with Crippen LogP contribution in [0.2, 0.25) is 0 Å². The monoisotopic (exact) mass is 804 g/mol. The lowest BCUT2D eigenvalue weighted by atomic mass is 9.97. The van der Waals surface area contributed by atoms with Crippen molar-refractivity contribution >= 4 is 60.8 Å². The van der Waals surface area contributed by atoms with E-state index in [1.54, 1.807) is 0 Å². The highest BCUT2D eigenvalue weighted by molar-refractivity contribution is 6.12. The molecule has 3 nitrogen and oxygen atoms in total. The van der Waals surface area contributed by atoms with E-state index in [9.17, 15) is 0 Å². The number of nitrogens with zero attached hydrogens (tertiary/aromatic N) is 2. The summed E-state index contributed by atoms with van der Waals surface area (Å²) in [5, 5.41) is 4.82. The second-order valence-electron chi connectivity index (χ2n) is 16.1. The fraction of sp³-hybridized carbons (Fsp3) is 0. The highest BCUT2D eigenvalue weighted by Crippen LogP contribution is 2.41. The van der Waals surface area contributed by atoms with Crippen LogP contribution in [0.25, 0.3) is 93.9 Å². The standard InChI is InChI=1S/C60H40N2O/c1-2-13-41(14-3-1)46-15-10-17-50(39-46)61(48-35-31-43(32-36-48)42-27-29-45(30-28-42)52-22-12-26-59-60(52)55-21-6-9-25-58(55)63-59)49-37-33-44(34-38-49)47-16-11-18-51(40-47)62-56-23-7-4-19-53(56)54-20-5-8-24-57(54)62/h1-40H. The molecule has 10 aromatic carbocycles. The van der Waals surface area contributed by atoms with Gasteiger partial charge in [0.15, 0.2) is 0 Å². The molecular formula is C60H40N2O. The molecule has 0 spiro atoms. The zero-order chi connectivity index (χ0) is 41.7. The van der Waals surface area contributed by atoms with Crippen molar-refractivity contribution in [1.82, 2.24) is 4.57 Å². The average Bonchev–Trinajstić information content (AvgIpc) is 3.91. The Balaban J connectivity index is 0.890. The summed E-state index contributed by atoms with van der Waals surface area (Å²) in [6, 6.07) is 87.1. The normalized spacial score (nSPS) is 11.5. The van der Waals surface area contributed by atoms with Crippen LogP contribution < -0.4 is 4.90 Å². The number of rotatable bonds is 8. The van der Waals surface area contributed by atoms with E-state index < -0.39 is 0 Å². The second-order valence-corrected chi connectivity index (χ2v) is 16.1. The molecule has 2 heterocycles. The molecule has 0 fully saturated rings. The molecule has 0 aliphatic rings. The third-order valence-corrected chi connectivity index (χ3v) is 12.4. The van der Waals surface area contributed by atoms with Crippen LogP contribution in [0.15, 0.2) is 247 Å². The molecule has 0 atom stereocenters. The fourth-order valence-electron chi connectivity index (χ4n) is 9.39. The Kier molecular flexibility index (Phi) is 8.83. The minimum atomic E-state index is 0.909. The molecule has 12 rings (SSSR count). The number of hydrogen-bond acceptors (Lipinski definition) is 2. The lowest BCUT2D eigenvalue weighted by Crippen LogP contribution is -2.10. The molecule has 12 aromatic rings. The topological polar surface area (TPSA) is 21.3 Å². The maximum atomic E-state index is 6.19. The molecule has 2 aromatic heterocycles. The van der Waals surface area contributed by atoms with Crippen LogP contribution in [-0.4, -0.2) is 4.57 Å². The van der Waals surface area contributed by atoms with Crippen molar-refractivity contribution in [3.8, 4) is 50.2 Å². The number of aromatic nitrogens is 1. The number of furan rings is 1. The Labute approximate surface area is 366 Å². The first-order valence-electron chi connectivity index (χ1n) is 21.5. The Morgan fingerprint density at radius 3 is 1.46 bits per heavy atom. The molecular weight excluding hydrogens is 765 g/mol. The summed E-state index contributed by atoms with van der Waals surface area (Å²) in [5.74, 6) is 0. The van der Waals surface area contributed by atoms with Crippen LogP contribution in [0.4, 0.5) is 17.1 Å². The van der Waals surface area contributed by atoms with Gasteiger partial charge in [0.2, 0.25) is 0 Å². The van der Waals surface area contributed by atoms with Crippen molar-refractivity contribution in [2.45, 2.75) is 0 Å². The van der Waals surface area contributed by atoms with Gasteiger partial charge in [-0.05, 0) is 117 Å². The average molecular weight is 805 g/mol. The van der Waals surface area contributed by atoms with Crippen LogP contribution >= 0.6 is 0 Å². The second kappa shape index (κ2) is 15.3. The number of benzene rings is 10. The number of fused-ring (bicyclic) bond motifs is 6. The molecule has 0 unspecified atom stereocenters. The molecule has 63 heavy (non-hydrogen) atoms. The van der Waals surface area contributed by atoms with Gasteiger partial charge < -0.3 is 13.9 Å². The van der Waals surface area contributed by atoms with E-state index in [0.29, 0.717) is 0 Å². The third-order valence-electron chi connectivity index (χ3n) is 12.4. The molecule has 0 radical (unpaired) electrons. The van der Waals surface area contributed by atoms with E-state index in [-0.39, 0.29) is 0 Å². The van der Waals surface area contributed by atoms with E-state index in [1.165, 1.54) is 55.2 Å². The van der Waals surface area contributed by atoms with Crippen molar-refractivity contribution in [3.05, 3.63) is 243 Å². The molecule has 296 valence electrons. The molecule has 0 aliphatic heterocycles. The first kappa shape index (κ1) is 36.5. The minimum Gasteiger partial charge on any atom is -0.456 e. The number of anilines is 3. The Bertz CT molecular complexity index is 3550. The fourth-order valence-corrected chi connectivity index (χ4v) is 9.39. The third kappa shape index (κ3) is 6.46. The molecule has 0 aliphatic carbocycles. The van der Waals surface area contributed by atoms with Gasteiger partial charge in [-0.15, -0.1) is 0 Å². The summed E-state index contributed by atoms with van der Waals surface area (Å²) in [6.07, 6.45) is 0. The molecule has 0 saturated heterocycles. The first-order chi connectivity index (χ1) is 31.2. The van der Waals surface area contributed by atoms with E-state index in [4.69, 9.17) is 4.42 Å². The summed E-state index contributed by atoms with van der Waals surface area (Å²) >= 11 is 0. The van der Waals surface area contributed by atoms with E-state index >= 15 is 0 Å². The van der Waals surface area contributed by atoms with Crippen LogP contribution in [0.3, 0.4) is 0 Å². The zero-order valence-electron chi connectivity index (χ0n) is 34.4.